The van der Waals surface area contributed by atoms with Crippen LogP contribution in [0.2, 0.25) is 0 Å². The number of nitrogens with one attached hydrogen (secondary N) is 1. The molecule has 0 bridgehead atoms. The van der Waals surface area contributed by atoms with Crippen LogP contribution in [0.3, 0.4) is 0 Å². The van der Waals surface area contributed by atoms with Crippen molar-refractivity contribution in [1.82, 2.24) is 5.32 Å². The van der Waals surface area contributed by atoms with Crippen LogP contribution < -0.4 is 5.32 Å². The molecule has 0 aromatic carbocycles. The van der Waals surface area contributed by atoms with Gasteiger partial charge in [-0.2, -0.15) is 0 Å². The molecule has 22 heteroatoms. The third kappa shape index (κ3) is 26.1. The number of rotatable bonds is 45. The lowest BCUT2D eigenvalue weighted by molar-refractivity contribution is -0.393. The molecule has 0 radical (unpaired) electrons. The summed E-state index contributed by atoms with van der Waals surface area (Å²) in [5.41, 5.74) is 0. The summed E-state index contributed by atoms with van der Waals surface area (Å²) in [7, 11) is 0. The summed E-state index contributed by atoms with van der Waals surface area (Å²) < 4.78 is 46.7. The van der Waals surface area contributed by atoms with E-state index in [-0.39, 0.29) is 25.4 Å². The summed E-state index contributed by atoms with van der Waals surface area (Å²) in [6, 6.07) is -0.999. The Labute approximate surface area is 500 Å². The van der Waals surface area contributed by atoms with Gasteiger partial charge in [0.25, 0.3) is 0 Å². The number of aliphatic hydroxyl groups excluding tert-OH is 12. The Hall–Kier alpha value is -1.59. The second kappa shape index (κ2) is 43.2. The zero-order valence-electron chi connectivity index (χ0n) is 51.1. The average Bonchev–Trinajstić information content (AvgIpc) is 1.88. The molecule has 4 aliphatic rings. The van der Waals surface area contributed by atoms with Crippen LogP contribution in [0.1, 0.15) is 220 Å². The van der Waals surface area contributed by atoms with E-state index in [0.717, 1.165) is 44.9 Å². The van der Waals surface area contributed by atoms with E-state index in [1.807, 2.05) is 6.08 Å². The minimum atomic E-state index is -2.04. The van der Waals surface area contributed by atoms with E-state index in [0.29, 0.717) is 6.42 Å². The van der Waals surface area contributed by atoms with E-state index >= 15 is 0 Å². The molecule has 13 N–H and O–H groups in total. The van der Waals surface area contributed by atoms with Crippen molar-refractivity contribution in [3.63, 3.8) is 0 Å². The summed E-state index contributed by atoms with van der Waals surface area (Å²) in [5, 5.41) is 134. The Morgan fingerprint density at radius 1 is 0.476 bits per heavy atom. The van der Waals surface area contributed by atoms with E-state index in [1.54, 1.807) is 13.0 Å². The fourth-order valence-electron chi connectivity index (χ4n) is 11.6. The minimum Gasteiger partial charge on any atom is -0.394 e. The topological polar surface area (TPSA) is 346 Å². The lowest BCUT2D eigenvalue weighted by Crippen LogP contribution is -2.67. The van der Waals surface area contributed by atoms with Crippen LogP contribution in [-0.4, -0.2) is 222 Å². The van der Waals surface area contributed by atoms with Gasteiger partial charge in [0.15, 0.2) is 25.2 Å². The second-order valence-corrected chi connectivity index (χ2v) is 24.2. The maximum absolute atomic E-state index is 13.4. The van der Waals surface area contributed by atoms with Gasteiger partial charge in [-0.3, -0.25) is 4.79 Å². The molecule has 0 spiro atoms. The van der Waals surface area contributed by atoms with E-state index in [4.69, 9.17) is 37.9 Å². The Balaban J connectivity index is 1.33. The molecule has 8 unspecified atom stereocenters. The Kier molecular flexibility index (Phi) is 38.5. The van der Waals surface area contributed by atoms with Crippen molar-refractivity contribution in [2.45, 2.75) is 349 Å². The van der Waals surface area contributed by atoms with Gasteiger partial charge in [0.1, 0.15) is 79.4 Å². The van der Waals surface area contributed by atoms with Gasteiger partial charge in [0.2, 0.25) is 5.91 Å². The van der Waals surface area contributed by atoms with Gasteiger partial charge in [-0.25, -0.2) is 0 Å². The number of unbranched alkanes of at least 4 members (excludes halogenated alkanes) is 27. The molecule has 0 aliphatic carbocycles. The molecule has 22 nitrogen and oxygen atoms in total. The molecule has 4 saturated heterocycles. The maximum atomic E-state index is 13.4. The maximum Gasteiger partial charge on any atom is 0.220 e. The second-order valence-electron chi connectivity index (χ2n) is 24.2. The van der Waals surface area contributed by atoms with Gasteiger partial charge in [-0.15, -0.1) is 0 Å². The highest BCUT2D eigenvalue weighted by molar-refractivity contribution is 5.76. The molecular weight excluding hydrogens is 1090 g/mol. The molecule has 4 heterocycles. The first-order valence-electron chi connectivity index (χ1n) is 32.7. The number of hydrogen-bond donors (Lipinski definition) is 13. The van der Waals surface area contributed by atoms with E-state index in [1.165, 1.54) is 135 Å². The Morgan fingerprint density at radius 3 is 1.43 bits per heavy atom. The van der Waals surface area contributed by atoms with Gasteiger partial charge >= 0.3 is 0 Å². The number of allylic oxidation sites excluding steroid dienone is 1. The summed E-state index contributed by atoms with van der Waals surface area (Å²) in [5.74, 6) is -0.291. The van der Waals surface area contributed by atoms with Crippen molar-refractivity contribution in [3.05, 3.63) is 12.2 Å². The molecule has 0 saturated carbocycles. The van der Waals surface area contributed by atoms with Gasteiger partial charge in [0, 0.05) is 12.8 Å². The minimum absolute atomic E-state index is 0.0498. The van der Waals surface area contributed by atoms with Gasteiger partial charge in [-0.1, -0.05) is 193 Å². The van der Waals surface area contributed by atoms with Crippen molar-refractivity contribution in [2.24, 2.45) is 0 Å². The van der Waals surface area contributed by atoms with E-state index in [2.05, 4.69) is 19.2 Å². The zero-order chi connectivity index (χ0) is 61.2. The number of amides is 1. The SMILES string of the molecule is CCCCCCCCCCCCC/C=C/[C@@H](O)[C@H](CO[C@@H]1OC(CO)[C@@H](O[C@@H]2OC(CO)[C@H](O)[C@H](O[C@H]3OC(CO)[C@H](O)[C@H](O)C3O[C@@H]3OC(C)CC(O)[C@@H]3O)C2O)[C@H](O)C1O)NC(=O)CCCCCCCCCCCCCCCCCCC. The number of hydrogen-bond acceptors (Lipinski definition) is 21. The zero-order valence-corrected chi connectivity index (χ0v) is 51.1. The van der Waals surface area contributed by atoms with Crippen LogP contribution >= 0.6 is 0 Å². The lowest BCUT2D eigenvalue weighted by Gasteiger charge is -2.49. The molecule has 494 valence electrons. The first-order valence-corrected chi connectivity index (χ1v) is 32.7. The van der Waals surface area contributed by atoms with Gasteiger partial charge < -0.3 is 104 Å². The Bertz CT molecular complexity index is 1690. The van der Waals surface area contributed by atoms with Crippen LogP contribution in [-0.2, 0) is 42.7 Å². The van der Waals surface area contributed by atoms with Crippen molar-refractivity contribution < 1.29 is 104 Å². The molecule has 4 rings (SSSR count). The standard InChI is InChI=1S/C62H115NO21/c1-4-6-8-10-12-14-16-18-19-20-21-23-25-27-29-31-33-35-48(69)63-42(43(67)34-32-30-28-26-24-22-17-15-13-11-9-7-5-2)40-77-59-54(75)53(74)56(47(39-66)81-59)82-61-55(76)57(51(72)46(38-65)79-61)83-62-58(52(73)50(71)45(37-64)80-62)84-60-49(70)44(68)36-41(3)78-60/h32,34,41-47,49-62,64-68,70-76H,4-31,33,35-40H2,1-3H3,(H,63,69)/b34-32+/t41?,42-,43+,44?,45?,46?,47?,49-,50-,51-,52-,53+,54?,55?,56+,57-,58?,59+,60-,61-,62+/m0/s1. The lowest BCUT2D eigenvalue weighted by atomic mass is 9.95. The van der Waals surface area contributed by atoms with Gasteiger partial charge in [0.05, 0.1) is 50.8 Å². The van der Waals surface area contributed by atoms with Crippen LogP contribution in [0.25, 0.3) is 0 Å². The molecule has 0 aromatic rings. The molecule has 21 atom stereocenters. The van der Waals surface area contributed by atoms with E-state index < -0.39 is 149 Å². The normalized spacial score (nSPS) is 33.8. The number of carbonyl (C=O) groups is 1. The number of aliphatic hydroxyl groups is 12. The molecule has 0 aromatic heterocycles. The van der Waals surface area contributed by atoms with Crippen molar-refractivity contribution >= 4 is 5.91 Å². The average molecular weight is 1210 g/mol. The highest BCUT2D eigenvalue weighted by Crippen LogP contribution is 2.35. The molecule has 84 heavy (non-hydrogen) atoms. The smallest absolute Gasteiger partial charge is 0.220 e. The predicted octanol–water partition coefficient (Wildman–Crippen LogP) is 4.48. The highest BCUT2D eigenvalue weighted by atomic mass is 16.8. The van der Waals surface area contributed by atoms with E-state index in [9.17, 15) is 66.1 Å². The van der Waals surface area contributed by atoms with Crippen molar-refractivity contribution in [3.8, 4) is 0 Å². The first kappa shape index (κ1) is 74.9. The monoisotopic (exact) mass is 1210 g/mol. The summed E-state index contributed by atoms with van der Waals surface area (Å²) in [4.78, 5) is 13.4. The van der Waals surface area contributed by atoms with Crippen LogP contribution in [0, 0.1) is 0 Å². The molecule has 4 fully saturated rings. The predicted molar refractivity (Wildman–Crippen MR) is 312 cm³/mol. The summed E-state index contributed by atoms with van der Waals surface area (Å²) in [6.45, 7) is 3.12. The quantitative estimate of drug-likeness (QED) is 0.0295. The van der Waals surface area contributed by atoms with Crippen LogP contribution in [0.15, 0.2) is 12.2 Å². The number of ether oxygens (including phenoxy) is 8. The third-order valence-corrected chi connectivity index (χ3v) is 17.0. The van der Waals surface area contributed by atoms with Crippen molar-refractivity contribution in [2.75, 3.05) is 26.4 Å². The Morgan fingerprint density at radius 2 is 0.905 bits per heavy atom. The fraction of sp³-hybridized carbons (Fsp3) is 0.952. The van der Waals surface area contributed by atoms with Gasteiger partial charge in [-0.05, 0) is 26.2 Å². The fourth-order valence-corrected chi connectivity index (χ4v) is 11.6. The molecule has 1 amide bonds. The molecular formula is C62H115NO21. The first-order chi connectivity index (χ1) is 40.6. The summed E-state index contributed by atoms with van der Waals surface area (Å²) in [6.07, 6.45) is 5.47. The van der Waals surface area contributed by atoms with Crippen molar-refractivity contribution in [1.29, 1.82) is 0 Å². The van der Waals surface area contributed by atoms with Crippen LogP contribution in [0.4, 0.5) is 0 Å². The number of carbonyl (C=O) groups excluding carboxylic acids is 1. The largest absolute Gasteiger partial charge is 0.394 e. The highest BCUT2D eigenvalue weighted by Gasteiger charge is 2.55. The summed E-state index contributed by atoms with van der Waals surface area (Å²) >= 11 is 0. The van der Waals surface area contributed by atoms with Crippen LogP contribution in [0.5, 0.6) is 0 Å². The molecule has 4 aliphatic heterocycles. The third-order valence-electron chi connectivity index (χ3n) is 17.0.